The predicted octanol–water partition coefficient (Wildman–Crippen LogP) is 1.52. The van der Waals surface area contributed by atoms with E-state index in [9.17, 15) is 9.59 Å². The molecule has 1 aliphatic heterocycles. The van der Waals surface area contributed by atoms with E-state index in [1.807, 2.05) is 6.07 Å². The van der Waals surface area contributed by atoms with Gasteiger partial charge in [0, 0.05) is 12.6 Å². The Balaban J connectivity index is 0.00000261. The number of carbonyl (C=O) groups excluding carboxylic acids is 2. The second kappa shape index (κ2) is 9.80. The van der Waals surface area contributed by atoms with Crippen molar-refractivity contribution in [2.45, 2.75) is 50.7 Å². The van der Waals surface area contributed by atoms with Crippen molar-refractivity contribution in [3.63, 3.8) is 0 Å². The molecule has 1 aromatic carbocycles. The lowest BCUT2D eigenvalue weighted by Gasteiger charge is -2.24. The highest BCUT2D eigenvalue weighted by Gasteiger charge is 2.37. The molecule has 0 radical (unpaired) electrons. The van der Waals surface area contributed by atoms with Crippen molar-refractivity contribution < 1.29 is 19.1 Å². The molecular weight excluding hydrogens is 370 g/mol. The quantitative estimate of drug-likeness (QED) is 0.647. The molecule has 7 nitrogen and oxygen atoms in total. The van der Waals surface area contributed by atoms with E-state index < -0.39 is 5.91 Å². The number of hydrogen-bond acceptors (Lipinski definition) is 5. The van der Waals surface area contributed by atoms with Crippen molar-refractivity contribution in [1.82, 2.24) is 10.6 Å². The number of carbonyl (C=O) groups is 2. The third-order valence-electron chi connectivity index (χ3n) is 5.24. The first-order chi connectivity index (χ1) is 12.6. The van der Waals surface area contributed by atoms with Gasteiger partial charge in [-0.25, -0.2) is 0 Å². The fourth-order valence-electron chi connectivity index (χ4n) is 3.92. The highest BCUT2D eigenvalue weighted by atomic mass is 35.5. The molecular formula is C19H28ClN3O4. The van der Waals surface area contributed by atoms with Gasteiger partial charge in [-0.1, -0.05) is 18.9 Å². The van der Waals surface area contributed by atoms with Gasteiger partial charge in [0.15, 0.2) is 18.1 Å². The van der Waals surface area contributed by atoms with E-state index in [4.69, 9.17) is 15.2 Å². The van der Waals surface area contributed by atoms with Crippen molar-refractivity contribution in [2.75, 3.05) is 13.7 Å². The zero-order chi connectivity index (χ0) is 18.5. The lowest BCUT2D eigenvalue weighted by atomic mass is 9.85. The standard InChI is InChI=1S/C19H27N3O4.ClH/c1-25-17-8-12(6-7-16(17)26-11-18(20)23)10-21-19(24)15-9-13-4-2-3-5-14(13)22-15;/h6-8,13-15,22H,2-5,9-11H2,1H3,(H2,20,23)(H,21,24);1H. The highest BCUT2D eigenvalue weighted by molar-refractivity contribution is 5.85. The highest BCUT2D eigenvalue weighted by Crippen LogP contribution is 2.33. The van der Waals surface area contributed by atoms with Crippen LogP contribution in [0.5, 0.6) is 11.5 Å². The molecule has 2 fully saturated rings. The van der Waals surface area contributed by atoms with E-state index in [-0.39, 0.29) is 31.0 Å². The van der Waals surface area contributed by atoms with Gasteiger partial charge in [-0.05, 0) is 42.9 Å². The molecule has 2 amide bonds. The van der Waals surface area contributed by atoms with Crippen LogP contribution in [0.4, 0.5) is 0 Å². The Morgan fingerprint density at radius 3 is 2.74 bits per heavy atom. The maximum atomic E-state index is 12.5. The Kier molecular flexibility index (Phi) is 7.74. The van der Waals surface area contributed by atoms with E-state index in [1.54, 1.807) is 12.1 Å². The molecule has 1 heterocycles. The van der Waals surface area contributed by atoms with Crippen LogP contribution in [-0.2, 0) is 16.1 Å². The number of amides is 2. The van der Waals surface area contributed by atoms with Gasteiger partial charge in [0.05, 0.1) is 13.2 Å². The summed E-state index contributed by atoms with van der Waals surface area (Å²) in [4.78, 5) is 23.3. The Hall–Kier alpha value is -1.99. The van der Waals surface area contributed by atoms with Gasteiger partial charge in [0.25, 0.3) is 5.91 Å². The van der Waals surface area contributed by atoms with Crippen LogP contribution in [0, 0.1) is 5.92 Å². The number of fused-ring (bicyclic) bond motifs is 1. The Bertz CT molecular complexity index is 656. The summed E-state index contributed by atoms with van der Waals surface area (Å²) in [6.45, 7) is 0.209. The number of hydrogen-bond donors (Lipinski definition) is 3. The number of halogens is 1. The first kappa shape index (κ1) is 21.3. The Labute approximate surface area is 165 Å². The van der Waals surface area contributed by atoms with Crippen LogP contribution < -0.4 is 25.8 Å². The molecule has 1 aliphatic carbocycles. The summed E-state index contributed by atoms with van der Waals surface area (Å²) in [6.07, 6.45) is 5.87. The fourth-order valence-corrected chi connectivity index (χ4v) is 3.92. The van der Waals surface area contributed by atoms with Gasteiger partial charge >= 0.3 is 0 Å². The molecule has 3 unspecified atom stereocenters. The Morgan fingerprint density at radius 1 is 1.26 bits per heavy atom. The van der Waals surface area contributed by atoms with Gasteiger partial charge in [-0.3, -0.25) is 9.59 Å². The van der Waals surface area contributed by atoms with Crippen LogP contribution in [-0.4, -0.2) is 37.6 Å². The van der Waals surface area contributed by atoms with Crippen LogP contribution in [0.25, 0.3) is 0 Å². The third-order valence-corrected chi connectivity index (χ3v) is 5.24. The zero-order valence-electron chi connectivity index (χ0n) is 15.5. The van der Waals surface area contributed by atoms with Crippen molar-refractivity contribution >= 4 is 24.2 Å². The number of methoxy groups -OCH3 is 1. The average Bonchev–Trinajstić information content (AvgIpc) is 3.08. The normalized spacial score (nSPS) is 23.7. The molecule has 2 aliphatic rings. The molecule has 0 bridgehead atoms. The second-order valence-electron chi connectivity index (χ2n) is 7.06. The summed E-state index contributed by atoms with van der Waals surface area (Å²) in [6, 6.07) is 5.75. The largest absolute Gasteiger partial charge is 0.493 e. The summed E-state index contributed by atoms with van der Waals surface area (Å²) in [7, 11) is 1.53. The van der Waals surface area contributed by atoms with Crippen molar-refractivity contribution in [1.29, 1.82) is 0 Å². The molecule has 4 N–H and O–H groups in total. The number of benzene rings is 1. The molecule has 3 atom stereocenters. The molecule has 3 rings (SSSR count). The second-order valence-corrected chi connectivity index (χ2v) is 7.06. The summed E-state index contributed by atoms with van der Waals surface area (Å²) in [5.74, 6) is 1.09. The van der Waals surface area contributed by atoms with Crippen molar-refractivity contribution in [3.8, 4) is 11.5 Å². The summed E-state index contributed by atoms with van der Waals surface area (Å²) >= 11 is 0. The molecule has 1 saturated heterocycles. The molecule has 0 spiro atoms. The molecule has 8 heteroatoms. The molecule has 0 aromatic heterocycles. The van der Waals surface area contributed by atoms with Crippen LogP contribution >= 0.6 is 12.4 Å². The van der Waals surface area contributed by atoms with Gasteiger partial charge in [-0.2, -0.15) is 0 Å². The van der Waals surface area contributed by atoms with Crippen LogP contribution in [0.1, 0.15) is 37.7 Å². The number of ether oxygens (including phenoxy) is 2. The van der Waals surface area contributed by atoms with E-state index in [2.05, 4.69) is 10.6 Å². The van der Waals surface area contributed by atoms with Crippen LogP contribution in [0.15, 0.2) is 18.2 Å². The van der Waals surface area contributed by atoms with Gasteiger partial charge in [0.1, 0.15) is 0 Å². The summed E-state index contributed by atoms with van der Waals surface area (Å²) in [5.41, 5.74) is 5.99. The summed E-state index contributed by atoms with van der Waals surface area (Å²) in [5, 5.41) is 6.49. The van der Waals surface area contributed by atoms with Crippen molar-refractivity contribution in [3.05, 3.63) is 23.8 Å². The van der Waals surface area contributed by atoms with E-state index >= 15 is 0 Å². The van der Waals surface area contributed by atoms with Gasteiger partial charge in [0.2, 0.25) is 5.91 Å². The third kappa shape index (κ3) is 5.49. The maximum Gasteiger partial charge on any atom is 0.255 e. The number of primary amides is 1. The SMILES string of the molecule is COc1cc(CNC(=O)C2CC3CCCCC3N2)ccc1OCC(N)=O.Cl. The lowest BCUT2D eigenvalue weighted by molar-refractivity contribution is -0.123. The van der Waals surface area contributed by atoms with Crippen LogP contribution in [0.2, 0.25) is 0 Å². The van der Waals surface area contributed by atoms with E-state index in [1.165, 1.54) is 32.8 Å². The first-order valence-corrected chi connectivity index (χ1v) is 9.18. The maximum absolute atomic E-state index is 12.5. The van der Waals surface area contributed by atoms with Crippen LogP contribution in [0.3, 0.4) is 0 Å². The molecule has 27 heavy (non-hydrogen) atoms. The zero-order valence-corrected chi connectivity index (χ0v) is 16.3. The number of rotatable bonds is 7. The van der Waals surface area contributed by atoms with E-state index in [0.29, 0.717) is 30.0 Å². The fraction of sp³-hybridized carbons (Fsp3) is 0.579. The number of nitrogens with one attached hydrogen (secondary N) is 2. The van der Waals surface area contributed by atoms with Gasteiger partial charge in [-0.15, -0.1) is 12.4 Å². The van der Waals surface area contributed by atoms with Crippen molar-refractivity contribution in [2.24, 2.45) is 11.7 Å². The average molecular weight is 398 g/mol. The summed E-state index contributed by atoms with van der Waals surface area (Å²) < 4.78 is 10.6. The lowest BCUT2D eigenvalue weighted by Crippen LogP contribution is -2.42. The topological polar surface area (TPSA) is 103 Å². The van der Waals surface area contributed by atoms with Gasteiger partial charge < -0.3 is 25.8 Å². The number of nitrogens with two attached hydrogens (primary N) is 1. The monoisotopic (exact) mass is 397 g/mol. The first-order valence-electron chi connectivity index (χ1n) is 9.18. The minimum atomic E-state index is -0.548. The molecule has 1 saturated carbocycles. The van der Waals surface area contributed by atoms with E-state index in [0.717, 1.165) is 12.0 Å². The molecule has 150 valence electrons. The predicted molar refractivity (Wildman–Crippen MR) is 104 cm³/mol. The smallest absolute Gasteiger partial charge is 0.255 e. The molecule has 1 aromatic rings. The minimum Gasteiger partial charge on any atom is -0.493 e. The Morgan fingerprint density at radius 2 is 2.04 bits per heavy atom. The minimum absolute atomic E-state index is 0.